The molecule has 4 heteroatoms. The molecule has 0 saturated heterocycles. The first-order valence-electron chi connectivity index (χ1n) is 6.50. The number of ketones is 1. The van der Waals surface area contributed by atoms with Gasteiger partial charge in [0.05, 0.1) is 13.7 Å². The number of hydrogen-bond acceptors (Lipinski definition) is 4. The van der Waals surface area contributed by atoms with E-state index in [4.69, 9.17) is 9.47 Å². The lowest BCUT2D eigenvalue weighted by molar-refractivity contribution is -0.129. The van der Waals surface area contributed by atoms with Crippen LogP contribution in [-0.4, -0.2) is 30.2 Å². The summed E-state index contributed by atoms with van der Waals surface area (Å²) >= 11 is 0. The number of aliphatic hydroxyl groups is 1. The molecule has 2 atom stereocenters. The lowest BCUT2D eigenvalue weighted by Gasteiger charge is -2.19. The molecule has 0 heterocycles. The summed E-state index contributed by atoms with van der Waals surface area (Å²) in [4.78, 5) is 11.6. The molecule has 4 nitrogen and oxygen atoms in total. The van der Waals surface area contributed by atoms with E-state index in [2.05, 4.69) is 0 Å². The molecule has 106 valence electrons. The maximum Gasteiger partial charge on any atom is 0.186 e. The van der Waals surface area contributed by atoms with Crippen LogP contribution in [0.4, 0.5) is 0 Å². The van der Waals surface area contributed by atoms with Gasteiger partial charge in [-0.05, 0) is 30.2 Å². The van der Waals surface area contributed by atoms with Gasteiger partial charge in [0, 0.05) is 0 Å². The molecule has 0 amide bonds. The van der Waals surface area contributed by atoms with Crippen LogP contribution in [0.15, 0.2) is 48.6 Å². The number of carbonyl (C=O) groups is 1. The lowest BCUT2D eigenvalue weighted by Crippen LogP contribution is -2.34. The van der Waals surface area contributed by atoms with Crippen LogP contribution in [0.5, 0.6) is 5.75 Å². The van der Waals surface area contributed by atoms with Crippen LogP contribution in [0.3, 0.4) is 0 Å². The van der Waals surface area contributed by atoms with Crippen molar-refractivity contribution in [3.8, 4) is 5.75 Å². The minimum Gasteiger partial charge on any atom is -0.497 e. The number of ether oxygens (including phenoxy) is 2. The minimum atomic E-state index is -1.15. The molecule has 0 aliphatic heterocycles. The highest BCUT2D eigenvalue weighted by atomic mass is 16.5. The van der Waals surface area contributed by atoms with Crippen molar-refractivity contribution in [2.24, 2.45) is 0 Å². The predicted octanol–water partition coefficient (Wildman–Crippen LogP) is 2.03. The van der Waals surface area contributed by atoms with Gasteiger partial charge in [-0.3, -0.25) is 4.79 Å². The number of allylic oxidation sites excluding steroid dienone is 2. The fourth-order valence-electron chi connectivity index (χ4n) is 1.90. The molecule has 1 aromatic carbocycles. The van der Waals surface area contributed by atoms with Crippen LogP contribution >= 0.6 is 0 Å². The van der Waals surface area contributed by atoms with Crippen LogP contribution in [0.1, 0.15) is 12.0 Å². The quantitative estimate of drug-likeness (QED) is 0.854. The third-order valence-corrected chi connectivity index (χ3v) is 3.08. The Balaban J connectivity index is 1.97. The fraction of sp³-hybridized carbons (Fsp3) is 0.312. The van der Waals surface area contributed by atoms with Gasteiger partial charge in [0.25, 0.3) is 0 Å². The Morgan fingerprint density at radius 2 is 2.00 bits per heavy atom. The summed E-state index contributed by atoms with van der Waals surface area (Å²) in [5.74, 6) is 0.453. The second kappa shape index (κ2) is 7.03. The Morgan fingerprint density at radius 3 is 2.70 bits per heavy atom. The standard InChI is InChI=1S/C16H18O4/c1-19-13-9-7-12(8-10-13)11-20-15-6-4-2-3-5-14(17)16(15)18/h3-10,15-16,18H,2,11H2,1H3/b5-3-,6-4-/t15-,16+/m1/s1. The Kier molecular flexibility index (Phi) is 5.09. The molecule has 0 fully saturated rings. The van der Waals surface area contributed by atoms with Crippen molar-refractivity contribution in [3.63, 3.8) is 0 Å². The number of carbonyl (C=O) groups excluding carboxylic acids is 1. The van der Waals surface area contributed by atoms with E-state index >= 15 is 0 Å². The first kappa shape index (κ1) is 14.5. The first-order chi connectivity index (χ1) is 9.70. The van der Waals surface area contributed by atoms with Crippen molar-refractivity contribution in [1.29, 1.82) is 0 Å². The summed E-state index contributed by atoms with van der Waals surface area (Å²) in [6.07, 6.45) is 5.64. The largest absolute Gasteiger partial charge is 0.497 e. The van der Waals surface area contributed by atoms with Gasteiger partial charge in [-0.2, -0.15) is 0 Å². The van der Waals surface area contributed by atoms with Gasteiger partial charge >= 0.3 is 0 Å². The van der Waals surface area contributed by atoms with E-state index in [1.54, 1.807) is 19.3 Å². The average molecular weight is 274 g/mol. The molecule has 0 aromatic heterocycles. The predicted molar refractivity (Wildman–Crippen MR) is 75.5 cm³/mol. The number of rotatable bonds is 4. The summed E-state index contributed by atoms with van der Waals surface area (Å²) in [5.41, 5.74) is 0.955. The SMILES string of the molecule is COc1ccc(CO[C@@H]2/C=C\C/C=C\C(=O)[C@@H]2O)cc1. The first-order valence-corrected chi connectivity index (χ1v) is 6.50. The van der Waals surface area contributed by atoms with Gasteiger partial charge in [0.15, 0.2) is 5.78 Å². The summed E-state index contributed by atoms with van der Waals surface area (Å²) in [6, 6.07) is 7.47. The van der Waals surface area contributed by atoms with E-state index in [0.717, 1.165) is 11.3 Å². The summed E-state index contributed by atoms with van der Waals surface area (Å²) in [5, 5.41) is 9.91. The Labute approximate surface area is 118 Å². The van der Waals surface area contributed by atoms with Crippen LogP contribution in [0.2, 0.25) is 0 Å². The second-order valence-corrected chi connectivity index (χ2v) is 4.54. The monoisotopic (exact) mass is 274 g/mol. The zero-order valence-electron chi connectivity index (χ0n) is 11.4. The maximum atomic E-state index is 11.6. The number of benzene rings is 1. The van der Waals surface area contributed by atoms with Crippen LogP contribution < -0.4 is 4.74 Å². The topological polar surface area (TPSA) is 55.8 Å². The van der Waals surface area contributed by atoms with Crippen molar-refractivity contribution < 1.29 is 19.4 Å². The van der Waals surface area contributed by atoms with Crippen LogP contribution in [0.25, 0.3) is 0 Å². The number of methoxy groups -OCH3 is 1. The molecule has 1 aromatic rings. The lowest BCUT2D eigenvalue weighted by atomic mass is 10.1. The molecule has 0 unspecified atom stereocenters. The highest BCUT2D eigenvalue weighted by Gasteiger charge is 2.23. The van der Waals surface area contributed by atoms with Gasteiger partial charge in [0.2, 0.25) is 0 Å². The van der Waals surface area contributed by atoms with Gasteiger partial charge in [0.1, 0.15) is 18.0 Å². The van der Waals surface area contributed by atoms with Crippen molar-refractivity contribution in [1.82, 2.24) is 0 Å². The van der Waals surface area contributed by atoms with E-state index in [1.165, 1.54) is 6.08 Å². The summed E-state index contributed by atoms with van der Waals surface area (Å²) < 4.78 is 10.7. The van der Waals surface area contributed by atoms with Crippen molar-refractivity contribution >= 4 is 5.78 Å². The molecular formula is C16H18O4. The normalized spacial score (nSPS) is 25.6. The molecule has 0 bridgehead atoms. The fourth-order valence-corrected chi connectivity index (χ4v) is 1.90. The second-order valence-electron chi connectivity index (χ2n) is 4.54. The molecule has 0 spiro atoms. The highest BCUT2D eigenvalue weighted by Crippen LogP contribution is 2.15. The van der Waals surface area contributed by atoms with Crippen molar-refractivity contribution in [2.45, 2.75) is 25.2 Å². The van der Waals surface area contributed by atoms with E-state index in [0.29, 0.717) is 13.0 Å². The smallest absolute Gasteiger partial charge is 0.186 e. The van der Waals surface area contributed by atoms with E-state index in [-0.39, 0.29) is 5.78 Å². The molecule has 2 rings (SSSR count). The van der Waals surface area contributed by atoms with Gasteiger partial charge in [-0.1, -0.05) is 30.4 Å². The van der Waals surface area contributed by atoms with E-state index in [1.807, 2.05) is 30.3 Å². The molecule has 1 aliphatic carbocycles. The molecule has 0 radical (unpaired) electrons. The van der Waals surface area contributed by atoms with Crippen molar-refractivity contribution in [3.05, 3.63) is 54.1 Å². The van der Waals surface area contributed by atoms with Crippen LogP contribution in [-0.2, 0) is 16.1 Å². The summed E-state index contributed by atoms with van der Waals surface area (Å²) in [6.45, 7) is 0.326. The highest BCUT2D eigenvalue weighted by molar-refractivity contribution is 5.94. The third-order valence-electron chi connectivity index (χ3n) is 3.08. The molecule has 1 aliphatic rings. The Bertz CT molecular complexity index is 502. The van der Waals surface area contributed by atoms with Gasteiger partial charge in [-0.15, -0.1) is 0 Å². The molecule has 0 saturated carbocycles. The van der Waals surface area contributed by atoms with Gasteiger partial charge in [-0.25, -0.2) is 0 Å². The van der Waals surface area contributed by atoms with E-state index < -0.39 is 12.2 Å². The average Bonchev–Trinajstić information content (AvgIpc) is 2.48. The zero-order chi connectivity index (χ0) is 14.4. The van der Waals surface area contributed by atoms with Gasteiger partial charge < -0.3 is 14.6 Å². The molecular weight excluding hydrogens is 256 g/mol. The van der Waals surface area contributed by atoms with E-state index in [9.17, 15) is 9.90 Å². The minimum absolute atomic E-state index is 0.325. The maximum absolute atomic E-state index is 11.6. The molecule has 1 N–H and O–H groups in total. The number of hydrogen-bond donors (Lipinski definition) is 1. The Hall–Kier alpha value is -1.91. The van der Waals surface area contributed by atoms with Crippen LogP contribution in [0, 0.1) is 0 Å². The zero-order valence-corrected chi connectivity index (χ0v) is 11.4. The molecule has 20 heavy (non-hydrogen) atoms. The third kappa shape index (κ3) is 3.79. The number of aliphatic hydroxyl groups excluding tert-OH is 1. The summed E-state index contributed by atoms with van der Waals surface area (Å²) in [7, 11) is 1.61. The Morgan fingerprint density at radius 1 is 1.25 bits per heavy atom. The van der Waals surface area contributed by atoms with Crippen molar-refractivity contribution in [2.75, 3.05) is 7.11 Å².